The maximum Gasteiger partial charge on any atom is 0.233 e. The second-order valence-electron chi connectivity index (χ2n) is 6.78. The third-order valence-corrected chi connectivity index (χ3v) is 6.79. The van der Waals surface area contributed by atoms with E-state index < -0.39 is 0 Å². The Morgan fingerprint density at radius 1 is 1.14 bits per heavy atom. The maximum absolute atomic E-state index is 12.7. The Morgan fingerprint density at radius 3 is 2.79 bits per heavy atom. The summed E-state index contributed by atoms with van der Waals surface area (Å²) >= 11 is 2.90. The third-order valence-electron chi connectivity index (χ3n) is 4.76. The van der Waals surface area contributed by atoms with Crippen LogP contribution >= 0.6 is 23.1 Å². The quantitative estimate of drug-likeness (QED) is 0.563. The molecule has 0 unspecified atom stereocenters. The summed E-state index contributed by atoms with van der Waals surface area (Å²) in [6.07, 6.45) is 3.19. The molecule has 4 rings (SSSR count). The lowest BCUT2D eigenvalue weighted by Gasteiger charge is -2.27. The van der Waals surface area contributed by atoms with E-state index in [-0.39, 0.29) is 17.2 Å². The number of anilines is 2. The summed E-state index contributed by atoms with van der Waals surface area (Å²) in [5.41, 5.74) is 3.57. The first kappa shape index (κ1) is 19.0. The number of hydrogen-bond donors (Lipinski definition) is 2. The first-order valence-corrected chi connectivity index (χ1v) is 11.1. The predicted molar refractivity (Wildman–Crippen MR) is 115 cm³/mol. The van der Waals surface area contributed by atoms with Gasteiger partial charge in [-0.2, -0.15) is 0 Å². The zero-order valence-electron chi connectivity index (χ0n) is 15.6. The van der Waals surface area contributed by atoms with Crippen molar-refractivity contribution in [3.63, 3.8) is 0 Å². The number of nitrogens with zero attached hydrogens (tertiary/aromatic N) is 2. The molecule has 2 atom stereocenters. The van der Waals surface area contributed by atoms with E-state index in [0.29, 0.717) is 0 Å². The number of nitrogens with one attached hydrogen (secondary N) is 2. The van der Waals surface area contributed by atoms with Crippen molar-refractivity contribution < 1.29 is 4.79 Å². The van der Waals surface area contributed by atoms with Crippen molar-refractivity contribution in [3.8, 4) is 0 Å². The summed E-state index contributed by atoms with van der Waals surface area (Å²) in [7, 11) is 0. The number of carbonyl (C=O) groups is 1. The molecule has 1 aliphatic carbocycles. The van der Waals surface area contributed by atoms with Gasteiger partial charge >= 0.3 is 0 Å². The fraction of sp³-hybridized carbons (Fsp3) is 0.286. The van der Waals surface area contributed by atoms with Gasteiger partial charge in [0.05, 0.1) is 11.3 Å². The van der Waals surface area contributed by atoms with Gasteiger partial charge in [0.2, 0.25) is 11.0 Å². The van der Waals surface area contributed by atoms with Gasteiger partial charge in [0.25, 0.3) is 0 Å². The van der Waals surface area contributed by atoms with Gasteiger partial charge in [0.1, 0.15) is 0 Å². The van der Waals surface area contributed by atoms with Crippen LogP contribution in [0.25, 0.3) is 0 Å². The van der Waals surface area contributed by atoms with E-state index >= 15 is 0 Å². The summed E-state index contributed by atoms with van der Waals surface area (Å²) in [4.78, 5) is 12.7. The van der Waals surface area contributed by atoms with Gasteiger partial charge in [-0.05, 0) is 49.4 Å². The number of carbonyl (C=O) groups excluding carboxylic acids is 1. The molecular weight excluding hydrogens is 388 g/mol. The Kier molecular flexibility index (Phi) is 5.92. The number of thioether (sulfide) groups is 1. The highest BCUT2D eigenvalue weighted by Gasteiger charge is 2.24. The Labute approximate surface area is 173 Å². The van der Waals surface area contributed by atoms with Gasteiger partial charge in [-0.25, -0.2) is 0 Å². The van der Waals surface area contributed by atoms with Crippen LogP contribution < -0.4 is 10.6 Å². The molecule has 0 saturated heterocycles. The summed E-state index contributed by atoms with van der Waals surface area (Å²) < 4.78 is 0.783. The van der Waals surface area contributed by atoms with E-state index in [0.717, 1.165) is 34.4 Å². The molecule has 0 spiro atoms. The molecule has 0 bridgehead atoms. The van der Waals surface area contributed by atoms with Crippen LogP contribution in [-0.4, -0.2) is 21.4 Å². The molecule has 7 heteroatoms. The SMILES string of the molecule is C[C@H](Sc1nnc(Nc2ccccc2)s1)C(=O)N[C@H]1CCCc2ccccc21. The number of hydrogen-bond acceptors (Lipinski definition) is 6. The van der Waals surface area contributed by atoms with Crippen LogP contribution in [0.2, 0.25) is 0 Å². The van der Waals surface area contributed by atoms with Gasteiger partial charge in [-0.1, -0.05) is 65.6 Å². The molecule has 0 aliphatic heterocycles. The summed E-state index contributed by atoms with van der Waals surface area (Å²) in [6, 6.07) is 18.4. The van der Waals surface area contributed by atoms with E-state index in [9.17, 15) is 4.79 Å². The topological polar surface area (TPSA) is 66.9 Å². The molecule has 0 saturated carbocycles. The highest BCUT2D eigenvalue weighted by atomic mass is 32.2. The second-order valence-corrected chi connectivity index (χ2v) is 9.34. The number of aryl methyl sites for hydroxylation is 1. The molecule has 1 aromatic heterocycles. The van der Waals surface area contributed by atoms with Crippen molar-refractivity contribution in [2.24, 2.45) is 0 Å². The van der Waals surface area contributed by atoms with Crippen molar-refractivity contribution >= 4 is 39.8 Å². The number of para-hydroxylation sites is 1. The molecule has 0 radical (unpaired) electrons. The van der Waals surface area contributed by atoms with Gasteiger partial charge in [0.15, 0.2) is 4.34 Å². The number of aromatic nitrogens is 2. The normalized spacial score (nSPS) is 16.8. The lowest BCUT2D eigenvalue weighted by molar-refractivity contribution is -0.121. The van der Waals surface area contributed by atoms with Crippen LogP contribution in [0.4, 0.5) is 10.8 Å². The van der Waals surface area contributed by atoms with Gasteiger partial charge in [0, 0.05) is 5.69 Å². The van der Waals surface area contributed by atoms with Crippen molar-refractivity contribution in [2.45, 2.75) is 41.8 Å². The fourth-order valence-electron chi connectivity index (χ4n) is 3.35. The summed E-state index contributed by atoms with van der Waals surface area (Å²) in [6.45, 7) is 1.92. The van der Waals surface area contributed by atoms with Crippen LogP contribution in [0.3, 0.4) is 0 Å². The van der Waals surface area contributed by atoms with Crippen LogP contribution in [0.5, 0.6) is 0 Å². The largest absolute Gasteiger partial charge is 0.348 e. The number of amides is 1. The fourth-order valence-corrected chi connectivity index (χ4v) is 5.28. The highest BCUT2D eigenvalue weighted by molar-refractivity contribution is 8.02. The number of fused-ring (bicyclic) bond motifs is 1. The minimum absolute atomic E-state index is 0.0412. The Balaban J connectivity index is 1.35. The van der Waals surface area contributed by atoms with Gasteiger partial charge in [-0.3, -0.25) is 4.79 Å². The van der Waals surface area contributed by atoms with Crippen molar-refractivity contribution in [2.75, 3.05) is 5.32 Å². The standard InChI is InChI=1S/C21H22N4OS2/c1-14(19(26)23-18-13-7-9-15-8-5-6-12-17(15)18)27-21-25-24-20(28-21)22-16-10-3-2-4-11-16/h2-6,8,10-12,14,18H,7,9,13H2,1H3,(H,22,24)(H,23,26)/t14-,18-/m0/s1. The predicted octanol–water partition coefficient (Wildman–Crippen LogP) is 4.96. The van der Waals surface area contributed by atoms with E-state index in [1.807, 2.05) is 43.3 Å². The molecule has 28 heavy (non-hydrogen) atoms. The smallest absolute Gasteiger partial charge is 0.233 e. The lowest BCUT2D eigenvalue weighted by Crippen LogP contribution is -2.35. The first-order valence-electron chi connectivity index (χ1n) is 9.39. The number of benzene rings is 2. The zero-order valence-corrected chi connectivity index (χ0v) is 17.2. The minimum Gasteiger partial charge on any atom is -0.348 e. The lowest BCUT2D eigenvalue weighted by atomic mass is 9.88. The molecule has 2 aromatic carbocycles. The van der Waals surface area contributed by atoms with Crippen LogP contribution in [-0.2, 0) is 11.2 Å². The average Bonchev–Trinajstić information content (AvgIpc) is 3.15. The summed E-state index contributed by atoms with van der Waals surface area (Å²) in [5.74, 6) is 0.0412. The van der Waals surface area contributed by atoms with E-state index in [1.54, 1.807) is 0 Å². The monoisotopic (exact) mass is 410 g/mol. The van der Waals surface area contributed by atoms with Crippen molar-refractivity contribution in [1.82, 2.24) is 15.5 Å². The summed E-state index contributed by atoms with van der Waals surface area (Å²) in [5, 5.41) is 15.3. The van der Waals surface area contributed by atoms with E-state index in [1.165, 1.54) is 34.2 Å². The van der Waals surface area contributed by atoms with E-state index in [2.05, 4.69) is 39.0 Å². The Hall–Kier alpha value is -2.38. The molecular formula is C21H22N4OS2. The molecule has 144 valence electrons. The van der Waals surface area contributed by atoms with Crippen LogP contribution in [0.15, 0.2) is 58.9 Å². The third kappa shape index (κ3) is 4.54. The van der Waals surface area contributed by atoms with Gasteiger partial charge in [-0.15, -0.1) is 10.2 Å². The zero-order chi connectivity index (χ0) is 19.3. The second kappa shape index (κ2) is 8.75. The van der Waals surface area contributed by atoms with Gasteiger partial charge < -0.3 is 10.6 Å². The molecule has 0 fully saturated rings. The molecule has 1 aliphatic rings. The van der Waals surface area contributed by atoms with E-state index in [4.69, 9.17) is 0 Å². The highest BCUT2D eigenvalue weighted by Crippen LogP contribution is 2.32. The Bertz CT molecular complexity index is 944. The first-order chi connectivity index (χ1) is 13.7. The Morgan fingerprint density at radius 2 is 1.93 bits per heavy atom. The van der Waals surface area contributed by atoms with Crippen LogP contribution in [0, 0.1) is 0 Å². The average molecular weight is 411 g/mol. The number of rotatable bonds is 6. The molecule has 5 nitrogen and oxygen atoms in total. The van der Waals surface area contributed by atoms with Crippen LogP contribution in [0.1, 0.15) is 36.9 Å². The molecule has 1 heterocycles. The van der Waals surface area contributed by atoms with Crippen molar-refractivity contribution in [3.05, 3.63) is 65.7 Å². The molecule has 2 N–H and O–H groups in total. The minimum atomic E-state index is -0.230. The maximum atomic E-state index is 12.7. The molecule has 1 amide bonds. The molecule has 3 aromatic rings. The van der Waals surface area contributed by atoms with Crippen molar-refractivity contribution in [1.29, 1.82) is 0 Å².